The van der Waals surface area contributed by atoms with Crippen molar-refractivity contribution in [3.8, 4) is 0 Å². The summed E-state index contributed by atoms with van der Waals surface area (Å²) in [4.78, 5) is 10.8. The monoisotopic (exact) mass is 475 g/mol. The molecule has 0 radical (unpaired) electrons. The molecule has 0 aliphatic rings. The lowest BCUT2D eigenvalue weighted by Crippen LogP contribution is -2.39. The Labute approximate surface area is 170 Å². The molecule has 8 heteroatoms. The summed E-state index contributed by atoms with van der Waals surface area (Å²) in [6, 6.07) is 9.99. The summed E-state index contributed by atoms with van der Waals surface area (Å²) in [5.41, 5.74) is 2.09. The zero-order valence-electron chi connectivity index (χ0n) is 14.8. The number of nitrogens with one attached hydrogen (secondary N) is 2. The van der Waals surface area contributed by atoms with Crippen LogP contribution in [-0.4, -0.2) is 50.3 Å². The van der Waals surface area contributed by atoms with E-state index in [-0.39, 0.29) is 36.5 Å². The van der Waals surface area contributed by atoms with Gasteiger partial charge in [-0.05, 0) is 5.56 Å². The Balaban J connectivity index is 0.00000312. The average molecular weight is 475 g/mol. The summed E-state index contributed by atoms with van der Waals surface area (Å²) in [6.45, 7) is 1.31. The third-order valence-corrected chi connectivity index (χ3v) is 4.65. The van der Waals surface area contributed by atoms with Crippen molar-refractivity contribution in [2.75, 3.05) is 39.2 Å². The van der Waals surface area contributed by atoms with Crippen molar-refractivity contribution >= 4 is 46.4 Å². The van der Waals surface area contributed by atoms with Crippen molar-refractivity contribution in [1.29, 1.82) is 0 Å². The van der Waals surface area contributed by atoms with E-state index in [1.54, 1.807) is 18.4 Å². The van der Waals surface area contributed by atoms with Crippen LogP contribution in [0.5, 0.6) is 0 Å². The maximum absolute atomic E-state index is 9.61. The van der Waals surface area contributed by atoms with Gasteiger partial charge in [0.2, 0.25) is 0 Å². The van der Waals surface area contributed by atoms with E-state index in [1.807, 2.05) is 54.7 Å². The van der Waals surface area contributed by atoms with E-state index >= 15 is 0 Å². The first kappa shape index (κ1) is 21.7. The number of aliphatic imine (C=N–C) groups is 1. The molecule has 138 valence electrons. The number of aliphatic hydroxyl groups excluding tert-OH is 1. The molecule has 1 aromatic carbocycles. The molecule has 0 saturated heterocycles. The Bertz CT molecular complexity index is 647. The van der Waals surface area contributed by atoms with E-state index in [1.165, 1.54) is 0 Å². The minimum Gasteiger partial charge on any atom is -0.396 e. The normalized spacial score (nSPS) is 12.2. The van der Waals surface area contributed by atoms with Crippen molar-refractivity contribution in [3.05, 3.63) is 47.0 Å². The van der Waals surface area contributed by atoms with Gasteiger partial charge in [0.1, 0.15) is 0 Å². The lowest BCUT2D eigenvalue weighted by molar-refractivity contribution is 0.265. The molecule has 2 rings (SSSR count). The number of aromatic nitrogens is 1. The van der Waals surface area contributed by atoms with Crippen molar-refractivity contribution in [3.63, 3.8) is 0 Å². The fraction of sp³-hybridized carbons (Fsp3) is 0.412. The fourth-order valence-electron chi connectivity index (χ4n) is 2.21. The average Bonchev–Trinajstić information content (AvgIpc) is 3.08. The summed E-state index contributed by atoms with van der Waals surface area (Å²) in [7, 11) is 5.70. The topological polar surface area (TPSA) is 72.8 Å². The van der Waals surface area contributed by atoms with Crippen molar-refractivity contribution < 1.29 is 5.11 Å². The summed E-state index contributed by atoms with van der Waals surface area (Å²) >= 11 is 1.62. The first-order chi connectivity index (χ1) is 11.6. The van der Waals surface area contributed by atoms with Gasteiger partial charge in [-0.15, -0.1) is 35.3 Å². The van der Waals surface area contributed by atoms with Crippen LogP contribution in [0.25, 0.3) is 0 Å². The van der Waals surface area contributed by atoms with Crippen LogP contribution in [0.15, 0.2) is 40.7 Å². The number of halogens is 1. The largest absolute Gasteiger partial charge is 0.396 e. The van der Waals surface area contributed by atoms with Crippen LogP contribution in [0.2, 0.25) is 0 Å². The number of nitrogens with zero attached hydrogens (tertiary/aromatic N) is 3. The second-order valence-electron chi connectivity index (χ2n) is 5.61. The number of benzene rings is 1. The SMILES string of the molecule is CN=C(NCc1csc(N(C)C)n1)NCC(CO)c1ccccc1.I. The van der Waals surface area contributed by atoms with Crippen LogP contribution in [-0.2, 0) is 6.54 Å². The smallest absolute Gasteiger partial charge is 0.191 e. The van der Waals surface area contributed by atoms with Crippen LogP contribution < -0.4 is 15.5 Å². The quantitative estimate of drug-likeness (QED) is 0.326. The maximum Gasteiger partial charge on any atom is 0.191 e. The first-order valence-corrected chi connectivity index (χ1v) is 8.74. The molecule has 25 heavy (non-hydrogen) atoms. The standard InChI is InChI=1S/C17H25N5OS.HI/c1-18-16(20-10-15-12-24-17(21-15)22(2)3)19-9-14(11-23)13-7-5-4-6-8-13;/h4-8,12,14,23H,9-11H2,1-3H3,(H2,18,19,20);1H. The van der Waals surface area contributed by atoms with E-state index in [4.69, 9.17) is 0 Å². The van der Waals surface area contributed by atoms with Gasteiger partial charge >= 0.3 is 0 Å². The lowest BCUT2D eigenvalue weighted by atomic mass is 10.0. The predicted molar refractivity (Wildman–Crippen MR) is 116 cm³/mol. The molecule has 0 aliphatic carbocycles. The molecule has 1 heterocycles. The number of anilines is 1. The zero-order valence-corrected chi connectivity index (χ0v) is 17.9. The summed E-state index contributed by atoms with van der Waals surface area (Å²) in [5.74, 6) is 0.730. The molecule has 0 fully saturated rings. The molecule has 0 bridgehead atoms. The Morgan fingerprint density at radius 3 is 2.56 bits per heavy atom. The van der Waals surface area contributed by atoms with E-state index in [0.29, 0.717) is 19.0 Å². The lowest BCUT2D eigenvalue weighted by Gasteiger charge is -2.17. The first-order valence-electron chi connectivity index (χ1n) is 7.86. The number of hydrogen-bond acceptors (Lipinski definition) is 5. The second-order valence-corrected chi connectivity index (χ2v) is 6.45. The van der Waals surface area contributed by atoms with E-state index < -0.39 is 0 Å². The van der Waals surface area contributed by atoms with Gasteiger partial charge in [0.05, 0.1) is 18.8 Å². The number of thiazole rings is 1. The van der Waals surface area contributed by atoms with Crippen molar-refractivity contribution in [2.45, 2.75) is 12.5 Å². The molecule has 0 amide bonds. The van der Waals surface area contributed by atoms with E-state index in [2.05, 4.69) is 20.6 Å². The molecule has 6 nitrogen and oxygen atoms in total. The predicted octanol–water partition coefficient (Wildman–Crippen LogP) is 2.27. The molecule has 1 atom stereocenters. The molecule has 2 aromatic rings. The molecule has 0 saturated carbocycles. The van der Waals surface area contributed by atoms with Crippen LogP contribution in [0.3, 0.4) is 0 Å². The molecule has 3 N–H and O–H groups in total. The van der Waals surface area contributed by atoms with Gasteiger partial charge < -0.3 is 20.6 Å². The van der Waals surface area contributed by atoms with Crippen LogP contribution in [0.4, 0.5) is 5.13 Å². The Hall–Kier alpha value is -1.39. The number of rotatable bonds is 7. The van der Waals surface area contributed by atoms with Crippen molar-refractivity contribution in [2.24, 2.45) is 4.99 Å². The van der Waals surface area contributed by atoms with Gasteiger partial charge in [0, 0.05) is 39.0 Å². The minimum absolute atomic E-state index is 0. The molecule has 0 aliphatic heterocycles. The summed E-state index contributed by atoms with van der Waals surface area (Å²) in [5, 5.41) is 19.2. The highest BCUT2D eigenvalue weighted by molar-refractivity contribution is 14.0. The van der Waals surface area contributed by atoms with Gasteiger partial charge in [0.25, 0.3) is 0 Å². The van der Waals surface area contributed by atoms with Gasteiger partial charge in [-0.25, -0.2) is 4.98 Å². The maximum atomic E-state index is 9.61. The number of guanidine groups is 1. The number of aliphatic hydroxyl groups is 1. The van der Waals surface area contributed by atoms with Gasteiger partial charge in [-0.1, -0.05) is 30.3 Å². The fourth-order valence-corrected chi connectivity index (χ4v) is 2.97. The highest BCUT2D eigenvalue weighted by atomic mass is 127. The molecule has 1 unspecified atom stereocenters. The highest BCUT2D eigenvalue weighted by Crippen LogP contribution is 2.17. The van der Waals surface area contributed by atoms with Crippen LogP contribution >= 0.6 is 35.3 Å². The van der Waals surface area contributed by atoms with E-state index in [0.717, 1.165) is 16.4 Å². The zero-order chi connectivity index (χ0) is 17.4. The molecule has 1 aromatic heterocycles. The molecular formula is C17H26IN5OS. The summed E-state index contributed by atoms with van der Waals surface area (Å²) in [6.07, 6.45) is 0. The van der Waals surface area contributed by atoms with Gasteiger partial charge in [-0.3, -0.25) is 4.99 Å². The second kappa shape index (κ2) is 11.3. The van der Waals surface area contributed by atoms with Gasteiger partial charge in [-0.2, -0.15) is 0 Å². The third kappa shape index (κ3) is 6.79. The highest BCUT2D eigenvalue weighted by Gasteiger charge is 2.11. The minimum atomic E-state index is 0. The third-order valence-electron chi connectivity index (χ3n) is 3.59. The van der Waals surface area contributed by atoms with Crippen molar-refractivity contribution in [1.82, 2.24) is 15.6 Å². The van der Waals surface area contributed by atoms with E-state index in [9.17, 15) is 5.11 Å². The number of hydrogen-bond donors (Lipinski definition) is 3. The summed E-state index contributed by atoms with van der Waals surface area (Å²) < 4.78 is 0. The Morgan fingerprint density at radius 1 is 1.28 bits per heavy atom. The van der Waals surface area contributed by atoms with Crippen LogP contribution in [0, 0.1) is 0 Å². The Kier molecular flexibility index (Phi) is 9.76. The molecular weight excluding hydrogens is 449 g/mol. The Morgan fingerprint density at radius 2 is 2.00 bits per heavy atom. The molecule has 0 spiro atoms. The van der Waals surface area contributed by atoms with Crippen LogP contribution in [0.1, 0.15) is 17.2 Å². The van der Waals surface area contributed by atoms with Gasteiger partial charge in [0.15, 0.2) is 11.1 Å².